The summed E-state index contributed by atoms with van der Waals surface area (Å²) in [5.41, 5.74) is 0.496. The Balaban J connectivity index is 2.11. The molecular weight excluding hydrogens is 356 g/mol. The van der Waals surface area contributed by atoms with Gasteiger partial charge in [-0.2, -0.15) is 0 Å². The van der Waals surface area contributed by atoms with Crippen LogP contribution in [0.4, 0.5) is 0 Å². The number of hydrogen-bond donors (Lipinski definition) is 1. The van der Waals surface area contributed by atoms with Crippen LogP contribution in [0.15, 0.2) is 33.8 Å². The van der Waals surface area contributed by atoms with Gasteiger partial charge >= 0.3 is 5.97 Å². The van der Waals surface area contributed by atoms with Crippen LogP contribution in [-0.4, -0.2) is 25.5 Å². The molecule has 0 aliphatic rings. The topological polar surface area (TPSA) is 98.5 Å². The predicted octanol–water partition coefficient (Wildman–Crippen LogP) is 2.68. The van der Waals surface area contributed by atoms with Gasteiger partial charge in [-0.1, -0.05) is 23.7 Å². The molecule has 0 unspecified atom stereocenters. The van der Waals surface area contributed by atoms with Crippen LogP contribution in [0.5, 0.6) is 0 Å². The first kappa shape index (κ1) is 18.4. The van der Waals surface area contributed by atoms with Crippen molar-refractivity contribution in [2.45, 2.75) is 38.3 Å². The molecule has 1 heterocycles. The van der Waals surface area contributed by atoms with E-state index in [1.807, 2.05) is 0 Å². The molecule has 0 fully saturated rings. The number of esters is 1. The fourth-order valence-electron chi connectivity index (χ4n) is 1.95. The molecule has 7 nitrogen and oxygen atoms in total. The number of carbonyl (C=O) groups excluding carboxylic acids is 1. The number of aryl methyl sites for hydroxylation is 1. The number of rotatable bonds is 6. The van der Waals surface area contributed by atoms with Crippen LogP contribution in [0.25, 0.3) is 0 Å². The van der Waals surface area contributed by atoms with Gasteiger partial charge in [-0.25, -0.2) is 22.9 Å². The third kappa shape index (κ3) is 4.34. The van der Waals surface area contributed by atoms with Gasteiger partial charge in [-0.15, -0.1) is 0 Å². The van der Waals surface area contributed by atoms with Crippen molar-refractivity contribution in [3.8, 4) is 0 Å². The molecule has 0 spiro atoms. The zero-order valence-electron chi connectivity index (χ0n) is 13.4. The Morgan fingerprint density at radius 1 is 1.42 bits per heavy atom. The molecule has 0 aliphatic carbocycles. The van der Waals surface area contributed by atoms with E-state index in [-0.39, 0.29) is 34.2 Å². The molecule has 2 aromatic rings. The number of hydrogen-bond acceptors (Lipinski definition) is 6. The number of aromatic nitrogens is 1. The summed E-state index contributed by atoms with van der Waals surface area (Å²) in [6.45, 7) is 4.84. The Hall–Kier alpha value is -1.90. The monoisotopic (exact) mass is 372 g/mol. The zero-order valence-corrected chi connectivity index (χ0v) is 14.9. The maximum atomic E-state index is 12.4. The van der Waals surface area contributed by atoms with Crippen LogP contribution >= 0.6 is 11.6 Å². The second-order valence-corrected chi connectivity index (χ2v) is 7.40. The van der Waals surface area contributed by atoms with E-state index >= 15 is 0 Å². The highest BCUT2D eigenvalue weighted by molar-refractivity contribution is 7.89. The third-order valence-electron chi connectivity index (χ3n) is 2.95. The zero-order chi connectivity index (χ0) is 17.9. The van der Waals surface area contributed by atoms with E-state index in [0.717, 1.165) is 6.26 Å². The summed E-state index contributed by atoms with van der Waals surface area (Å²) in [6.07, 6.45) is 0.828. The highest BCUT2D eigenvalue weighted by atomic mass is 35.5. The molecule has 130 valence electrons. The van der Waals surface area contributed by atoms with Crippen molar-refractivity contribution in [2.24, 2.45) is 0 Å². The SMILES string of the molecule is Cc1cccc(Cl)c1S(=O)(=O)NCc1nc(C(=O)OC(C)C)co1. The lowest BCUT2D eigenvalue weighted by Crippen LogP contribution is -2.24. The molecule has 0 aliphatic heterocycles. The largest absolute Gasteiger partial charge is 0.458 e. The summed E-state index contributed by atoms with van der Waals surface area (Å²) >= 11 is 5.97. The molecule has 0 bridgehead atoms. The third-order valence-corrected chi connectivity index (χ3v) is 4.98. The summed E-state index contributed by atoms with van der Waals surface area (Å²) in [5, 5.41) is 0.121. The van der Waals surface area contributed by atoms with E-state index in [1.54, 1.807) is 32.9 Å². The van der Waals surface area contributed by atoms with Gasteiger partial charge in [0, 0.05) is 0 Å². The number of benzene rings is 1. The predicted molar refractivity (Wildman–Crippen MR) is 87.3 cm³/mol. The molecule has 0 radical (unpaired) electrons. The highest BCUT2D eigenvalue weighted by Crippen LogP contribution is 2.24. The second-order valence-electron chi connectivity index (χ2n) is 5.29. The normalized spacial score (nSPS) is 11.7. The average Bonchev–Trinajstić information content (AvgIpc) is 2.93. The van der Waals surface area contributed by atoms with Gasteiger partial charge in [0.15, 0.2) is 5.69 Å². The quantitative estimate of drug-likeness (QED) is 0.783. The molecule has 9 heteroatoms. The Bertz CT molecular complexity index is 825. The molecule has 1 N–H and O–H groups in total. The van der Waals surface area contributed by atoms with Gasteiger partial charge in [0.2, 0.25) is 15.9 Å². The van der Waals surface area contributed by atoms with Crippen LogP contribution in [0.1, 0.15) is 35.8 Å². The van der Waals surface area contributed by atoms with E-state index in [4.69, 9.17) is 20.8 Å². The maximum Gasteiger partial charge on any atom is 0.360 e. The lowest BCUT2D eigenvalue weighted by molar-refractivity contribution is 0.0370. The number of nitrogens with one attached hydrogen (secondary N) is 1. The molecule has 1 aromatic heterocycles. The molecule has 0 saturated carbocycles. The van der Waals surface area contributed by atoms with Crippen molar-refractivity contribution in [1.82, 2.24) is 9.71 Å². The van der Waals surface area contributed by atoms with E-state index in [0.29, 0.717) is 5.56 Å². The van der Waals surface area contributed by atoms with Crippen molar-refractivity contribution in [1.29, 1.82) is 0 Å². The Labute approximate surface area is 145 Å². The van der Waals surface area contributed by atoms with E-state index in [1.165, 1.54) is 6.07 Å². The van der Waals surface area contributed by atoms with Gasteiger partial charge < -0.3 is 9.15 Å². The first-order valence-electron chi connectivity index (χ1n) is 7.11. The summed E-state index contributed by atoms with van der Waals surface area (Å²) in [6, 6.07) is 4.80. The van der Waals surface area contributed by atoms with Crippen LogP contribution < -0.4 is 4.72 Å². The molecule has 0 amide bonds. The maximum absolute atomic E-state index is 12.4. The Morgan fingerprint density at radius 2 is 2.12 bits per heavy atom. The van der Waals surface area contributed by atoms with Gasteiger partial charge in [0.05, 0.1) is 17.7 Å². The summed E-state index contributed by atoms with van der Waals surface area (Å²) in [7, 11) is -3.85. The van der Waals surface area contributed by atoms with E-state index < -0.39 is 16.0 Å². The number of carbonyl (C=O) groups is 1. The van der Waals surface area contributed by atoms with Crippen molar-refractivity contribution < 1.29 is 22.4 Å². The van der Waals surface area contributed by atoms with Gasteiger partial charge in [-0.05, 0) is 32.4 Å². The number of sulfonamides is 1. The first-order chi connectivity index (χ1) is 11.2. The number of ether oxygens (including phenoxy) is 1. The minimum absolute atomic E-state index is 0.00216. The smallest absolute Gasteiger partial charge is 0.360 e. The fraction of sp³-hybridized carbons (Fsp3) is 0.333. The molecule has 0 atom stereocenters. The number of nitrogens with zero attached hydrogens (tertiary/aromatic N) is 1. The van der Waals surface area contributed by atoms with Crippen molar-refractivity contribution in [3.05, 3.63) is 46.6 Å². The fourth-order valence-corrected chi connectivity index (χ4v) is 3.75. The van der Waals surface area contributed by atoms with Crippen LogP contribution in [0, 0.1) is 6.92 Å². The Morgan fingerprint density at radius 3 is 2.75 bits per heavy atom. The van der Waals surface area contributed by atoms with Crippen LogP contribution in [0.3, 0.4) is 0 Å². The lowest BCUT2D eigenvalue weighted by Gasteiger charge is -2.09. The number of halogens is 1. The molecule has 1 aromatic carbocycles. The summed E-state index contributed by atoms with van der Waals surface area (Å²) < 4.78 is 37.2. The molecule has 2 rings (SSSR count). The van der Waals surface area contributed by atoms with E-state index in [2.05, 4.69) is 9.71 Å². The van der Waals surface area contributed by atoms with Crippen molar-refractivity contribution in [3.63, 3.8) is 0 Å². The molecule has 24 heavy (non-hydrogen) atoms. The Kier molecular flexibility index (Phi) is 5.63. The van der Waals surface area contributed by atoms with Crippen LogP contribution in [0.2, 0.25) is 5.02 Å². The van der Waals surface area contributed by atoms with E-state index in [9.17, 15) is 13.2 Å². The standard InChI is InChI=1S/C15H17ClN2O5S/c1-9(2)23-15(19)12-8-22-13(18-12)7-17-24(20,21)14-10(3)5-4-6-11(14)16/h4-6,8-9,17H,7H2,1-3H3. The van der Waals surface area contributed by atoms with Gasteiger partial charge in [-0.3, -0.25) is 0 Å². The first-order valence-corrected chi connectivity index (χ1v) is 8.97. The van der Waals surface area contributed by atoms with Gasteiger partial charge in [0.25, 0.3) is 0 Å². The van der Waals surface area contributed by atoms with Crippen molar-refractivity contribution in [2.75, 3.05) is 0 Å². The van der Waals surface area contributed by atoms with Crippen LogP contribution in [-0.2, 0) is 21.3 Å². The van der Waals surface area contributed by atoms with Gasteiger partial charge in [0.1, 0.15) is 11.2 Å². The summed E-state index contributed by atoms with van der Waals surface area (Å²) in [4.78, 5) is 15.6. The molecular formula is C15H17ClN2O5S. The second kappa shape index (κ2) is 7.33. The lowest BCUT2D eigenvalue weighted by atomic mass is 10.2. The molecule has 0 saturated heterocycles. The average molecular weight is 373 g/mol. The minimum Gasteiger partial charge on any atom is -0.458 e. The minimum atomic E-state index is -3.85. The summed E-state index contributed by atoms with van der Waals surface area (Å²) in [5.74, 6) is -0.594. The number of oxazole rings is 1. The highest BCUT2D eigenvalue weighted by Gasteiger charge is 2.22. The van der Waals surface area contributed by atoms with Crippen molar-refractivity contribution >= 4 is 27.6 Å².